The van der Waals surface area contributed by atoms with Crippen LogP contribution in [0.15, 0.2) is 12.5 Å². The van der Waals surface area contributed by atoms with E-state index in [1.807, 2.05) is 12.5 Å². The molecule has 0 amide bonds. The highest BCUT2D eigenvalue weighted by molar-refractivity contribution is 14.1. The molecule has 0 atom stereocenters. The molecular formula is C6H9IN2. The van der Waals surface area contributed by atoms with Crippen LogP contribution >= 0.6 is 22.6 Å². The van der Waals surface area contributed by atoms with Crippen LogP contribution in [0.5, 0.6) is 0 Å². The van der Waals surface area contributed by atoms with Crippen molar-refractivity contribution in [3.63, 3.8) is 0 Å². The van der Waals surface area contributed by atoms with E-state index in [2.05, 4.69) is 39.1 Å². The van der Waals surface area contributed by atoms with Crippen LogP contribution in [0.1, 0.15) is 12.6 Å². The Kier molecular flexibility index (Phi) is 2.50. The number of hydrogen-bond acceptors (Lipinski definition) is 1. The molecule has 50 valence electrons. The van der Waals surface area contributed by atoms with Gasteiger partial charge in [0.1, 0.15) is 0 Å². The average Bonchev–Trinajstić information content (AvgIpc) is 2.33. The van der Waals surface area contributed by atoms with Crippen LogP contribution in [0.4, 0.5) is 0 Å². The Bertz CT molecular complexity index is 164. The topological polar surface area (TPSA) is 17.8 Å². The fourth-order valence-corrected chi connectivity index (χ4v) is 1.38. The molecule has 0 saturated heterocycles. The van der Waals surface area contributed by atoms with Gasteiger partial charge in [-0.05, 0) is 6.92 Å². The van der Waals surface area contributed by atoms with Crippen LogP contribution in [0.3, 0.4) is 0 Å². The first-order chi connectivity index (χ1) is 4.38. The van der Waals surface area contributed by atoms with Crippen molar-refractivity contribution in [3.8, 4) is 0 Å². The van der Waals surface area contributed by atoms with E-state index in [9.17, 15) is 0 Å². The van der Waals surface area contributed by atoms with Gasteiger partial charge in [0, 0.05) is 22.9 Å². The number of alkyl halides is 1. The maximum absolute atomic E-state index is 4.02. The average molecular weight is 236 g/mol. The summed E-state index contributed by atoms with van der Waals surface area (Å²) in [6.07, 6.45) is 3.78. The molecule has 0 aliphatic rings. The van der Waals surface area contributed by atoms with Gasteiger partial charge in [0.2, 0.25) is 0 Å². The number of nitrogens with zero attached hydrogens (tertiary/aromatic N) is 2. The number of aromatic nitrogens is 2. The first-order valence-corrected chi connectivity index (χ1v) is 4.46. The summed E-state index contributed by atoms with van der Waals surface area (Å²) in [6.45, 7) is 3.15. The zero-order chi connectivity index (χ0) is 6.69. The molecule has 9 heavy (non-hydrogen) atoms. The predicted octanol–water partition coefficient (Wildman–Crippen LogP) is 1.84. The summed E-state index contributed by atoms with van der Waals surface area (Å²) in [4.78, 5) is 4.02. The Balaban J connectivity index is 2.85. The molecule has 0 bridgehead atoms. The molecule has 1 aromatic rings. The Morgan fingerprint density at radius 3 is 3.00 bits per heavy atom. The first kappa shape index (κ1) is 7.05. The minimum Gasteiger partial charge on any atom is -0.334 e. The molecule has 0 aliphatic carbocycles. The lowest BCUT2D eigenvalue weighted by atomic mass is 10.5. The highest BCUT2D eigenvalue weighted by Gasteiger charge is 1.94. The van der Waals surface area contributed by atoms with Crippen molar-refractivity contribution >= 4 is 22.6 Å². The zero-order valence-corrected chi connectivity index (χ0v) is 7.50. The van der Waals surface area contributed by atoms with Crippen LogP contribution in [0.2, 0.25) is 0 Å². The summed E-state index contributed by atoms with van der Waals surface area (Å²) in [5.41, 5.74) is 1.30. The van der Waals surface area contributed by atoms with Gasteiger partial charge in [-0.25, -0.2) is 4.98 Å². The van der Waals surface area contributed by atoms with Gasteiger partial charge in [-0.2, -0.15) is 0 Å². The summed E-state index contributed by atoms with van der Waals surface area (Å²) in [6, 6.07) is 0. The smallest absolute Gasteiger partial charge is 0.0948 e. The van der Waals surface area contributed by atoms with Crippen molar-refractivity contribution in [1.82, 2.24) is 9.55 Å². The molecule has 1 aromatic heterocycles. The van der Waals surface area contributed by atoms with Crippen molar-refractivity contribution < 1.29 is 0 Å². The summed E-state index contributed by atoms with van der Waals surface area (Å²) >= 11 is 2.34. The molecule has 0 aromatic carbocycles. The summed E-state index contributed by atoms with van der Waals surface area (Å²) < 4.78 is 3.19. The monoisotopic (exact) mass is 236 g/mol. The quantitative estimate of drug-likeness (QED) is 0.565. The van der Waals surface area contributed by atoms with E-state index in [1.165, 1.54) is 5.69 Å². The third-order valence-electron chi connectivity index (χ3n) is 1.28. The van der Waals surface area contributed by atoms with Crippen LogP contribution in [0.25, 0.3) is 0 Å². The number of aryl methyl sites for hydroxylation is 1. The van der Waals surface area contributed by atoms with E-state index in [0.717, 1.165) is 11.0 Å². The number of imidazole rings is 1. The van der Waals surface area contributed by atoms with Crippen molar-refractivity contribution in [2.75, 3.05) is 0 Å². The van der Waals surface area contributed by atoms with Crippen molar-refractivity contribution in [2.24, 2.45) is 0 Å². The third kappa shape index (κ3) is 1.44. The Morgan fingerprint density at radius 2 is 2.56 bits per heavy atom. The van der Waals surface area contributed by atoms with E-state index in [1.54, 1.807) is 0 Å². The summed E-state index contributed by atoms with van der Waals surface area (Å²) in [5, 5.41) is 0. The molecule has 2 nitrogen and oxygen atoms in total. The molecule has 3 heteroatoms. The van der Waals surface area contributed by atoms with E-state index in [4.69, 9.17) is 0 Å². The molecular weight excluding hydrogens is 227 g/mol. The Hall–Kier alpha value is -0.0600. The van der Waals surface area contributed by atoms with Crippen LogP contribution in [-0.4, -0.2) is 9.55 Å². The highest BCUT2D eigenvalue weighted by Crippen LogP contribution is 2.03. The first-order valence-electron chi connectivity index (χ1n) is 2.93. The maximum Gasteiger partial charge on any atom is 0.0948 e. The Morgan fingerprint density at radius 1 is 1.78 bits per heavy atom. The fraction of sp³-hybridized carbons (Fsp3) is 0.500. The maximum atomic E-state index is 4.02. The van der Waals surface area contributed by atoms with Gasteiger partial charge in [0.05, 0.1) is 6.33 Å². The molecule has 0 fully saturated rings. The van der Waals surface area contributed by atoms with Crippen LogP contribution in [0, 0.1) is 0 Å². The largest absolute Gasteiger partial charge is 0.334 e. The van der Waals surface area contributed by atoms with Gasteiger partial charge in [0.15, 0.2) is 0 Å². The van der Waals surface area contributed by atoms with Crippen LogP contribution in [-0.2, 0) is 11.0 Å². The molecule has 0 spiro atoms. The van der Waals surface area contributed by atoms with Gasteiger partial charge in [-0.1, -0.05) is 22.6 Å². The molecule has 1 heterocycles. The fourth-order valence-electron chi connectivity index (χ4n) is 0.744. The number of hydrogen-bond donors (Lipinski definition) is 0. The summed E-state index contributed by atoms with van der Waals surface area (Å²) in [5.74, 6) is 0. The minimum absolute atomic E-state index is 1.03. The van der Waals surface area contributed by atoms with E-state index in [0.29, 0.717) is 0 Å². The molecule has 0 radical (unpaired) electrons. The number of halogens is 1. The zero-order valence-electron chi connectivity index (χ0n) is 5.34. The van der Waals surface area contributed by atoms with Gasteiger partial charge in [0.25, 0.3) is 0 Å². The van der Waals surface area contributed by atoms with Crippen molar-refractivity contribution in [3.05, 3.63) is 18.2 Å². The van der Waals surface area contributed by atoms with Gasteiger partial charge in [-0.3, -0.25) is 0 Å². The molecule has 0 aliphatic heterocycles. The normalized spacial score (nSPS) is 10.0. The molecule has 0 unspecified atom stereocenters. The third-order valence-corrected chi connectivity index (χ3v) is 2.06. The van der Waals surface area contributed by atoms with E-state index >= 15 is 0 Å². The van der Waals surface area contributed by atoms with Gasteiger partial charge in [-0.15, -0.1) is 0 Å². The Labute approximate surface area is 68.4 Å². The minimum atomic E-state index is 1.03. The lowest BCUT2D eigenvalue weighted by Gasteiger charge is -1.98. The second kappa shape index (κ2) is 3.20. The molecule has 0 N–H and O–H groups in total. The van der Waals surface area contributed by atoms with Gasteiger partial charge < -0.3 is 4.57 Å². The second-order valence-corrected chi connectivity index (χ2v) is 2.57. The molecule has 0 saturated carbocycles. The van der Waals surface area contributed by atoms with E-state index in [-0.39, 0.29) is 0 Å². The molecule has 1 rings (SSSR count). The predicted molar refractivity (Wildman–Crippen MR) is 45.6 cm³/mol. The van der Waals surface area contributed by atoms with Crippen molar-refractivity contribution in [1.29, 1.82) is 0 Å². The van der Waals surface area contributed by atoms with Gasteiger partial charge >= 0.3 is 0 Å². The van der Waals surface area contributed by atoms with Crippen molar-refractivity contribution in [2.45, 2.75) is 17.9 Å². The van der Waals surface area contributed by atoms with Crippen LogP contribution < -0.4 is 0 Å². The lowest BCUT2D eigenvalue weighted by molar-refractivity contribution is 0.736. The standard InChI is InChI=1S/C6H9IN2/c1-2-9-5-8-4-6(9)3-7/h4-5H,2-3H2,1H3. The second-order valence-electron chi connectivity index (χ2n) is 1.80. The number of rotatable bonds is 2. The van der Waals surface area contributed by atoms with E-state index < -0.39 is 0 Å². The highest BCUT2D eigenvalue weighted by atomic mass is 127. The SMILES string of the molecule is CCn1cncc1CI. The summed E-state index contributed by atoms with van der Waals surface area (Å²) in [7, 11) is 0. The lowest BCUT2D eigenvalue weighted by Crippen LogP contribution is -1.95.